The van der Waals surface area contributed by atoms with Gasteiger partial charge in [0.05, 0.1) is 24.7 Å². The second kappa shape index (κ2) is 9.40. The molecule has 34 heavy (non-hydrogen) atoms. The summed E-state index contributed by atoms with van der Waals surface area (Å²) in [5.74, 6) is -0.846. The maximum atomic E-state index is 13.7. The van der Waals surface area contributed by atoms with Crippen LogP contribution in [-0.4, -0.2) is 57.4 Å². The minimum absolute atomic E-state index is 0.0200. The van der Waals surface area contributed by atoms with Crippen molar-refractivity contribution < 1.29 is 28.2 Å². The lowest BCUT2D eigenvalue weighted by atomic mass is 10.1. The van der Waals surface area contributed by atoms with Crippen molar-refractivity contribution in [3.63, 3.8) is 0 Å². The average Bonchev–Trinajstić information content (AvgIpc) is 2.99. The number of urea groups is 1. The van der Waals surface area contributed by atoms with Crippen molar-refractivity contribution in [1.29, 1.82) is 0 Å². The zero-order valence-electron chi connectivity index (χ0n) is 18.1. The fourth-order valence-corrected chi connectivity index (χ4v) is 3.90. The molecule has 3 amide bonds. The average molecular weight is 491 g/mol. The minimum Gasteiger partial charge on any atom is -0.447 e. The molecule has 1 aromatic heterocycles. The van der Waals surface area contributed by atoms with Crippen LogP contribution in [0.15, 0.2) is 48.7 Å². The third-order valence-electron chi connectivity index (χ3n) is 5.44. The van der Waals surface area contributed by atoms with E-state index in [4.69, 9.17) is 16.3 Å². The number of halogens is 3. The molecular weight excluding hydrogens is 470 g/mol. The van der Waals surface area contributed by atoms with Gasteiger partial charge in [0.25, 0.3) is 0 Å². The van der Waals surface area contributed by atoms with Crippen molar-refractivity contribution in [1.82, 2.24) is 14.8 Å². The number of fused-ring (bicyclic) bond motifs is 1. The number of ether oxygens (including phenoxy) is 1. The molecule has 2 heterocycles. The number of β-amino-alcohol motifs (C(OH)–C–C–N with tert-alkyl or cyclic N) is 1. The van der Waals surface area contributed by atoms with Crippen LogP contribution < -0.4 is 5.32 Å². The summed E-state index contributed by atoms with van der Waals surface area (Å²) in [5, 5.41) is 14.3. The maximum absolute atomic E-state index is 13.7. The Balaban J connectivity index is 1.32. The fourth-order valence-electron chi connectivity index (χ4n) is 3.71. The molecular formula is C23H21ClF2N4O4. The summed E-state index contributed by atoms with van der Waals surface area (Å²) >= 11 is 5.98. The molecule has 0 radical (unpaired) electrons. The van der Waals surface area contributed by atoms with Crippen LogP contribution in [0, 0.1) is 11.6 Å². The van der Waals surface area contributed by atoms with Gasteiger partial charge >= 0.3 is 12.1 Å². The van der Waals surface area contributed by atoms with E-state index in [0.717, 1.165) is 0 Å². The Morgan fingerprint density at radius 1 is 1.26 bits per heavy atom. The number of pyridine rings is 1. The molecule has 2 aromatic carbocycles. The molecule has 0 aliphatic carbocycles. The smallest absolute Gasteiger partial charge is 0.412 e. The van der Waals surface area contributed by atoms with Gasteiger partial charge in [-0.1, -0.05) is 23.7 Å². The highest BCUT2D eigenvalue weighted by Gasteiger charge is 2.45. The topological polar surface area (TPSA) is 95.0 Å². The highest BCUT2D eigenvalue weighted by atomic mass is 35.5. The molecule has 11 heteroatoms. The number of aromatic nitrogens is 1. The number of nitrogens with zero attached hydrogens (tertiary/aromatic N) is 3. The van der Waals surface area contributed by atoms with Gasteiger partial charge in [-0.2, -0.15) is 0 Å². The summed E-state index contributed by atoms with van der Waals surface area (Å²) in [6.07, 6.45) is 0.694. The van der Waals surface area contributed by atoms with Gasteiger partial charge in [0.15, 0.2) is 5.72 Å². The number of amides is 3. The maximum Gasteiger partial charge on any atom is 0.412 e. The van der Waals surface area contributed by atoms with Crippen LogP contribution in [-0.2, 0) is 11.3 Å². The highest BCUT2D eigenvalue weighted by molar-refractivity contribution is 6.31. The molecule has 0 saturated carbocycles. The van der Waals surface area contributed by atoms with Crippen LogP contribution in [0.5, 0.6) is 0 Å². The molecule has 0 bridgehead atoms. The predicted octanol–water partition coefficient (Wildman–Crippen LogP) is 4.36. The van der Waals surface area contributed by atoms with Crippen LogP contribution in [0.1, 0.15) is 12.5 Å². The van der Waals surface area contributed by atoms with Crippen molar-refractivity contribution in [2.45, 2.75) is 19.2 Å². The molecule has 3 aromatic rings. The number of aliphatic hydroxyl groups is 1. The van der Waals surface area contributed by atoms with Crippen LogP contribution in [0.2, 0.25) is 5.02 Å². The summed E-state index contributed by atoms with van der Waals surface area (Å²) < 4.78 is 32.3. The van der Waals surface area contributed by atoms with Gasteiger partial charge in [-0.05, 0) is 48.2 Å². The quantitative estimate of drug-likeness (QED) is 0.535. The molecule has 1 atom stereocenters. The molecule has 1 saturated heterocycles. The van der Waals surface area contributed by atoms with Gasteiger partial charge < -0.3 is 14.7 Å². The summed E-state index contributed by atoms with van der Waals surface area (Å²) in [5.41, 5.74) is -1.17. The first-order valence-corrected chi connectivity index (χ1v) is 10.7. The van der Waals surface area contributed by atoms with Gasteiger partial charge in [0, 0.05) is 11.6 Å². The monoisotopic (exact) mass is 490 g/mol. The Bertz CT molecular complexity index is 1260. The second-order valence-electron chi connectivity index (χ2n) is 8.04. The summed E-state index contributed by atoms with van der Waals surface area (Å²) in [4.78, 5) is 31.5. The van der Waals surface area contributed by atoms with Gasteiger partial charge in [-0.15, -0.1) is 0 Å². The number of benzene rings is 2. The first-order valence-electron chi connectivity index (χ1n) is 10.3. The third-order valence-corrected chi connectivity index (χ3v) is 5.86. The lowest BCUT2D eigenvalue weighted by molar-refractivity contribution is -0.0438. The van der Waals surface area contributed by atoms with E-state index in [1.165, 1.54) is 53.3 Å². The number of carbonyl (C=O) groups excluding carboxylic acids is 2. The molecule has 8 nitrogen and oxygen atoms in total. The van der Waals surface area contributed by atoms with Gasteiger partial charge in [-0.3, -0.25) is 10.2 Å². The zero-order valence-corrected chi connectivity index (χ0v) is 18.9. The predicted molar refractivity (Wildman–Crippen MR) is 121 cm³/mol. The third kappa shape index (κ3) is 5.02. The molecule has 1 unspecified atom stereocenters. The molecule has 178 valence electrons. The first kappa shape index (κ1) is 23.7. The second-order valence-corrected chi connectivity index (χ2v) is 8.42. The number of anilines is 1. The largest absolute Gasteiger partial charge is 0.447 e. The minimum atomic E-state index is -1.53. The van der Waals surface area contributed by atoms with E-state index in [1.807, 2.05) is 0 Å². The Morgan fingerprint density at radius 2 is 2.06 bits per heavy atom. The van der Waals surface area contributed by atoms with Crippen LogP contribution in [0.3, 0.4) is 0 Å². The van der Waals surface area contributed by atoms with E-state index in [1.54, 1.807) is 12.1 Å². The SMILES string of the molecule is CC1(O)CN(CCOC(=O)Nc2cc3cc(F)ccc3cn2)C(=O)N1Cc1cccc(F)c1Cl. The zero-order chi connectivity index (χ0) is 24.5. The van der Waals surface area contributed by atoms with Crippen molar-refractivity contribution in [2.24, 2.45) is 0 Å². The first-order chi connectivity index (χ1) is 16.1. The van der Waals surface area contributed by atoms with Crippen molar-refractivity contribution >= 4 is 40.3 Å². The van der Waals surface area contributed by atoms with Crippen molar-refractivity contribution in [3.05, 3.63) is 70.9 Å². The van der Waals surface area contributed by atoms with E-state index >= 15 is 0 Å². The Morgan fingerprint density at radius 3 is 2.85 bits per heavy atom. The van der Waals surface area contributed by atoms with E-state index in [9.17, 15) is 23.5 Å². The fraction of sp³-hybridized carbons (Fsp3) is 0.261. The van der Waals surface area contributed by atoms with Crippen LogP contribution in [0.4, 0.5) is 24.2 Å². The molecule has 1 aliphatic heterocycles. The number of rotatable bonds is 6. The van der Waals surface area contributed by atoms with Gasteiger partial charge in [-0.25, -0.2) is 23.4 Å². The standard InChI is InChI=1S/C23H21ClF2N4O4/c1-23(33)13-29(22(32)30(23)12-15-3-2-4-18(26)20(15)24)7-8-34-21(31)28-19-10-16-9-17(25)6-5-14(16)11-27-19/h2-6,9-11,33H,7-8,12-13H2,1H3,(H,27,28,31). The van der Waals surface area contributed by atoms with E-state index in [0.29, 0.717) is 16.3 Å². The summed E-state index contributed by atoms with van der Waals surface area (Å²) in [6, 6.07) is 9.46. The van der Waals surface area contributed by atoms with E-state index < -0.39 is 29.5 Å². The summed E-state index contributed by atoms with van der Waals surface area (Å²) in [7, 11) is 0. The van der Waals surface area contributed by atoms with E-state index in [2.05, 4.69) is 10.3 Å². The number of nitrogens with one attached hydrogen (secondary N) is 1. The lowest BCUT2D eigenvalue weighted by Gasteiger charge is -2.28. The normalized spacial score (nSPS) is 18.0. The van der Waals surface area contributed by atoms with Crippen molar-refractivity contribution in [3.8, 4) is 0 Å². The van der Waals surface area contributed by atoms with E-state index in [-0.39, 0.29) is 37.1 Å². The Labute approximate surface area is 198 Å². The van der Waals surface area contributed by atoms with Gasteiger partial charge in [0.2, 0.25) is 0 Å². The van der Waals surface area contributed by atoms with Crippen LogP contribution in [0.25, 0.3) is 10.8 Å². The molecule has 0 spiro atoms. The number of carbonyl (C=O) groups is 2. The number of hydrogen-bond acceptors (Lipinski definition) is 5. The Hall–Kier alpha value is -3.50. The Kier molecular flexibility index (Phi) is 6.54. The lowest BCUT2D eigenvalue weighted by Crippen LogP contribution is -2.43. The molecule has 4 rings (SSSR count). The molecule has 1 fully saturated rings. The molecule has 1 aliphatic rings. The van der Waals surface area contributed by atoms with Crippen molar-refractivity contribution in [2.75, 3.05) is 25.0 Å². The number of hydrogen-bond donors (Lipinski definition) is 2. The summed E-state index contributed by atoms with van der Waals surface area (Å²) in [6.45, 7) is 1.20. The molecule has 2 N–H and O–H groups in total. The van der Waals surface area contributed by atoms with Crippen LogP contribution >= 0.6 is 11.6 Å². The van der Waals surface area contributed by atoms with Gasteiger partial charge in [0.1, 0.15) is 24.1 Å². The highest BCUT2D eigenvalue weighted by Crippen LogP contribution is 2.29.